The molecule has 9 nitrogen and oxygen atoms in total. The predicted octanol–water partition coefficient (Wildman–Crippen LogP) is 15.0. The molecule has 0 spiro atoms. The summed E-state index contributed by atoms with van der Waals surface area (Å²) in [6, 6.07) is 24.7. The summed E-state index contributed by atoms with van der Waals surface area (Å²) in [5.74, 6) is 2.33. The summed E-state index contributed by atoms with van der Waals surface area (Å²) in [6.45, 7) is 13.6. The van der Waals surface area contributed by atoms with Gasteiger partial charge in [0.1, 0.15) is 5.40 Å². The Labute approximate surface area is 452 Å². The van der Waals surface area contributed by atoms with Gasteiger partial charge in [0.2, 0.25) is 5.12 Å². The van der Waals surface area contributed by atoms with Crippen molar-refractivity contribution in [1.29, 1.82) is 5.26 Å². The van der Waals surface area contributed by atoms with Crippen molar-refractivity contribution < 1.29 is 35.9 Å². The normalized spacial score (nSPS) is 19.1. The van der Waals surface area contributed by atoms with Crippen LogP contribution >= 0.6 is 47.2 Å². The van der Waals surface area contributed by atoms with Gasteiger partial charge in [-0.05, 0) is 130 Å². The van der Waals surface area contributed by atoms with Crippen LogP contribution in [-0.4, -0.2) is 72.2 Å². The Kier molecular flexibility index (Phi) is 26.2. The number of carbonyl (C=O) groups excluding carboxylic acids is 2. The van der Waals surface area contributed by atoms with Crippen LogP contribution in [0.5, 0.6) is 0 Å². The van der Waals surface area contributed by atoms with E-state index in [0.29, 0.717) is 46.3 Å². The van der Waals surface area contributed by atoms with Gasteiger partial charge in [0.15, 0.2) is 5.11 Å². The second-order valence-corrected chi connectivity index (χ2v) is 20.4. The minimum atomic E-state index is -4.47. The van der Waals surface area contributed by atoms with Gasteiger partial charge in [-0.25, -0.2) is 0 Å². The van der Waals surface area contributed by atoms with Gasteiger partial charge < -0.3 is 25.8 Å². The van der Waals surface area contributed by atoms with E-state index < -0.39 is 29.4 Å². The third-order valence-electron chi connectivity index (χ3n) is 13.9. The molecular weight excluding hydrogens is 1040 g/mol. The maximum atomic E-state index is 13.4. The standard InChI is InChI=1S/C24H26F3N3OS.C16H21F3N2.C8H5NOS.C6H15N.CH2Cl2/c25-24(26,27)19-10-11-21(30-13-12-16-6-4-5-9-18(16)15-30)20(14-19)28-23(32)29-22(31)17-7-2-1-3-8-17;17-16(18,19)13-5-6-15(14(20)9-13)21-8-7-11-3-1-2-4-12(11)10-21;9-6-11-8(10)7-4-2-1-3-5-7;1-4-7(5-2)6-3;2-1-3/h1-3,7-8,10-11,14,16,18H,4-6,9,12-13,15H2,(H2,28,29,31,32);5-6,9,11-12H,1-4,7-8,10,20H2;1-5H;4-6H2,1-3H3;1H2/t16-,18-;11-,12-;;;/m11.../s1. The summed E-state index contributed by atoms with van der Waals surface area (Å²) in [4.78, 5) is 30.1. The van der Waals surface area contributed by atoms with Crippen LogP contribution in [0, 0.1) is 34.3 Å². The number of fused-ring (bicyclic) bond motifs is 2. The molecule has 0 bridgehead atoms. The number of nitriles is 1. The number of nitrogen functional groups attached to an aromatic ring is 1. The van der Waals surface area contributed by atoms with Gasteiger partial charge in [0.05, 0.1) is 39.2 Å². The molecule has 2 aliphatic heterocycles. The van der Waals surface area contributed by atoms with E-state index in [1.165, 1.54) is 76.7 Å². The van der Waals surface area contributed by atoms with Crippen LogP contribution in [0.1, 0.15) is 117 Å². The topological polar surface area (TPSA) is 118 Å². The minimum absolute atomic E-state index is 0.0352. The molecule has 2 saturated carbocycles. The van der Waals surface area contributed by atoms with E-state index in [-0.39, 0.29) is 26.9 Å². The Morgan fingerprint density at radius 3 is 1.55 bits per heavy atom. The molecule has 74 heavy (non-hydrogen) atoms. The van der Waals surface area contributed by atoms with E-state index >= 15 is 0 Å². The number of alkyl halides is 8. The van der Waals surface area contributed by atoms with E-state index in [0.717, 1.165) is 81.3 Å². The number of benzene rings is 4. The molecule has 4 atom stereocenters. The van der Waals surface area contributed by atoms with Crippen LogP contribution in [0.2, 0.25) is 0 Å². The number of carbonyl (C=O) groups is 2. The molecule has 404 valence electrons. The number of hydrogen-bond acceptors (Lipinski definition) is 9. The molecule has 4 N–H and O–H groups in total. The fraction of sp³-hybridized carbons (Fsp3) is 0.491. The average molecular weight is 1110 g/mol. The number of thiocarbonyl (C=S) groups is 1. The lowest BCUT2D eigenvalue weighted by Crippen LogP contribution is -2.42. The molecule has 4 aromatic rings. The number of rotatable bonds is 8. The van der Waals surface area contributed by atoms with Gasteiger partial charge in [-0.1, -0.05) is 108 Å². The summed E-state index contributed by atoms with van der Waals surface area (Å²) in [6.07, 6.45) is 3.40. The molecule has 1 amide bonds. The number of amides is 1. The first kappa shape index (κ1) is 61.8. The molecule has 2 aliphatic carbocycles. The van der Waals surface area contributed by atoms with E-state index in [2.05, 4.69) is 46.1 Å². The molecule has 0 radical (unpaired) electrons. The van der Waals surface area contributed by atoms with Crippen molar-refractivity contribution in [2.75, 3.05) is 72.0 Å². The number of nitrogens with zero attached hydrogens (tertiary/aromatic N) is 4. The summed E-state index contributed by atoms with van der Waals surface area (Å²) < 4.78 is 78.2. The maximum Gasteiger partial charge on any atom is 0.416 e. The smallest absolute Gasteiger partial charge is 0.397 e. The number of nitrogens with one attached hydrogen (secondary N) is 2. The number of thiocyanates is 1. The van der Waals surface area contributed by atoms with Crippen LogP contribution < -0.4 is 26.2 Å². The lowest BCUT2D eigenvalue weighted by Gasteiger charge is -2.43. The molecule has 0 unspecified atom stereocenters. The highest BCUT2D eigenvalue weighted by Crippen LogP contribution is 2.42. The highest BCUT2D eigenvalue weighted by molar-refractivity contribution is 8.18. The number of thioether (sulfide) groups is 1. The van der Waals surface area contributed by atoms with E-state index in [4.69, 9.17) is 46.4 Å². The molecule has 2 saturated heterocycles. The van der Waals surface area contributed by atoms with Crippen LogP contribution in [0.15, 0.2) is 97.1 Å². The van der Waals surface area contributed by atoms with Gasteiger partial charge in [-0.2, -0.15) is 31.6 Å². The van der Waals surface area contributed by atoms with E-state index in [1.807, 2.05) is 6.07 Å². The van der Waals surface area contributed by atoms with Crippen molar-refractivity contribution in [1.82, 2.24) is 10.2 Å². The Hall–Kier alpha value is -4.73. The fourth-order valence-electron chi connectivity index (χ4n) is 10.0. The first-order valence-corrected chi connectivity index (χ1v) is 27.5. The Morgan fingerprint density at radius 1 is 0.689 bits per heavy atom. The second-order valence-electron chi connectivity index (χ2n) is 18.4. The van der Waals surface area contributed by atoms with E-state index in [1.54, 1.807) is 60.0 Å². The summed E-state index contributed by atoms with van der Waals surface area (Å²) in [5, 5.41) is 15.3. The number of halogens is 8. The molecule has 2 heterocycles. The minimum Gasteiger partial charge on any atom is -0.397 e. The Bertz CT molecular complexity index is 2390. The van der Waals surface area contributed by atoms with E-state index in [9.17, 15) is 35.9 Å². The molecule has 4 aromatic carbocycles. The molecule has 19 heteroatoms. The number of piperidine rings is 2. The lowest BCUT2D eigenvalue weighted by molar-refractivity contribution is -0.138. The highest BCUT2D eigenvalue weighted by Gasteiger charge is 2.36. The third-order valence-corrected chi connectivity index (χ3v) is 14.7. The third kappa shape index (κ3) is 19.8. The summed E-state index contributed by atoms with van der Waals surface area (Å²) in [7, 11) is 0. The maximum absolute atomic E-state index is 13.4. The first-order chi connectivity index (χ1) is 35.4. The molecule has 0 aromatic heterocycles. The molecule has 4 fully saturated rings. The Morgan fingerprint density at radius 2 is 1.12 bits per heavy atom. The second kappa shape index (κ2) is 31.3. The van der Waals surface area contributed by atoms with Crippen LogP contribution in [0.3, 0.4) is 0 Å². The van der Waals surface area contributed by atoms with Crippen molar-refractivity contribution in [2.24, 2.45) is 23.7 Å². The monoisotopic (exact) mass is 1110 g/mol. The highest BCUT2D eigenvalue weighted by atomic mass is 35.5. The molecule has 4 aliphatic rings. The fourth-order valence-corrected chi connectivity index (χ4v) is 10.5. The van der Waals surface area contributed by atoms with Crippen molar-refractivity contribution in [3.63, 3.8) is 0 Å². The molecular formula is C55H69Cl2F6N7O2S2. The lowest BCUT2D eigenvalue weighted by atomic mass is 9.75. The van der Waals surface area contributed by atoms with Gasteiger partial charge in [-0.3, -0.25) is 14.9 Å². The zero-order valence-electron chi connectivity index (χ0n) is 42.3. The van der Waals surface area contributed by atoms with Crippen molar-refractivity contribution in [3.8, 4) is 5.40 Å². The van der Waals surface area contributed by atoms with Crippen LogP contribution in [-0.2, 0) is 12.4 Å². The van der Waals surface area contributed by atoms with Crippen LogP contribution in [0.25, 0.3) is 0 Å². The number of anilines is 4. The van der Waals surface area contributed by atoms with Gasteiger partial charge in [-0.15, -0.1) is 23.2 Å². The Balaban J connectivity index is 0.000000240. The van der Waals surface area contributed by atoms with Gasteiger partial charge >= 0.3 is 12.4 Å². The SMILES string of the molecule is CCN(CC)CC.ClCCl.N#CSC(=O)c1ccccc1.Nc1cc(C(F)(F)F)ccc1N1CC[C@H]2CCCC[C@@H]2C1.O=C(NC(=S)Nc1cc(C(F)(F)F)ccc1N1CC[C@H]2CCCC[C@@H]2C1)c1ccccc1. The largest absolute Gasteiger partial charge is 0.416 e. The van der Waals surface area contributed by atoms with Gasteiger partial charge in [0, 0.05) is 49.1 Å². The van der Waals surface area contributed by atoms with Crippen LogP contribution in [0.4, 0.5) is 49.1 Å². The van der Waals surface area contributed by atoms with Crippen molar-refractivity contribution >= 4 is 86.1 Å². The summed E-state index contributed by atoms with van der Waals surface area (Å²) >= 11 is 15.4. The summed E-state index contributed by atoms with van der Waals surface area (Å²) in [5.41, 5.74) is 7.36. The predicted molar refractivity (Wildman–Crippen MR) is 296 cm³/mol. The van der Waals surface area contributed by atoms with Crippen molar-refractivity contribution in [3.05, 3.63) is 119 Å². The average Bonchev–Trinajstić information content (AvgIpc) is 3.39. The number of nitrogens with two attached hydrogens (primary N) is 1. The quantitative estimate of drug-likeness (QED) is 0.0518. The van der Waals surface area contributed by atoms with Crippen molar-refractivity contribution in [2.45, 2.75) is 97.3 Å². The zero-order valence-corrected chi connectivity index (χ0v) is 45.4. The number of hydrogen-bond donors (Lipinski definition) is 3. The molecule has 8 rings (SSSR count). The van der Waals surface area contributed by atoms with Gasteiger partial charge in [0.25, 0.3) is 5.91 Å². The first-order valence-electron chi connectivity index (χ1n) is 25.2. The zero-order chi connectivity index (χ0) is 54.3.